The molecule has 3 rings (SSSR count). The number of nitrogens with zero attached hydrogens (tertiary/aromatic N) is 3. The molecular formula is C11H11N3O3. The van der Waals surface area contributed by atoms with Gasteiger partial charge in [-0.3, -0.25) is 0 Å². The van der Waals surface area contributed by atoms with Crippen molar-refractivity contribution in [3.05, 3.63) is 24.2 Å². The molecule has 1 aliphatic heterocycles. The van der Waals surface area contributed by atoms with Crippen molar-refractivity contribution in [3.8, 4) is 0 Å². The molecule has 2 aromatic heterocycles. The van der Waals surface area contributed by atoms with Crippen molar-refractivity contribution in [2.75, 3.05) is 6.61 Å². The summed E-state index contributed by atoms with van der Waals surface area (Å²) in [5.74, 6) is -1.03. The topological polar surface area (TPSA) is 77.2 Å². The molecule has 0 aromatic carbocycles. The minimum Gasteiger partial charge on any atom is -0.477 e. The van der Waals surface area contributed by atoms with Crippen molar-refractivity contribution in [1.82, 2.24) is 14.5 Å². The Kier molecular flexibility index (Phi) is 2.29. The van der Waals surface area contributed by atoms with Gasteiger partial charge in [0, 0.05) is 6.61 Å². The summed E-state index contributed by atoms with van der Waals surface area (Å²) in [6, 6.07) is 3.13. The van der Waals surface area contributed by atoms with Crippen LogP contribution in [0.4, 0.5) is 0 Å². The number of hydrogen-bond donors (Lipinski definition) is 1. The van der Waals surface area contributed by atoms with E-state index in [1.807, 2.05) is 4.57 Å². The van der Waals surface area contributed by atoms with E-state index >= 15 is 0 Å². The standard InChI is InChI=1S/C11H11N3O3/c15-11(16)9-2-1-8-10(13-9)14(6-12-8)5-7-3-4-17-7/h1-2,6-7H,3-5H2,(H,15,16)/t7-/m0/s1. The number of carboxylic acid groups (broad SMARTS) is 1. The summed E-state index contributed by atoms with van der Waals surface area (Å²) in [5, 5.41) is 8.90. The molecule has 6 heteroatoms. The number of hydrogen-bond acceptors (Lipinski definition) is 4. The van der Waals surface area contributed by atoms with Crippen LogP contribution in [0.15, 0.2) is 18.5 Å². The van der Waals surface area contributed by atoms with E-state index in [4.69, 9.17) is 9.84 Å². The van der Waals surface area contributed by atoms with Gasteiger partial charge in [-0.15, -0.1) is 0 Å². The predicted octanol–water partition coefficient (Wildman–Crippen LogP) is 0.918. The van der Waals surface area contributed by atoms with Crippen molar-refractivity contribution < 1.29 is 14.6 Å². The lowest BCUT2D eigenvalue weighted by Crippen LogP contribution is -2.31. The van der Waals surface area contributed by atoms with Crippen LogP contribution in [0.5, 0.6) is 0 Å². The van der Waals surface area contributed by atoms with Crippen molar-refractivity contribution in [3.63, 3.8) is 0 Å². The summed E-state index contributed by atoms with van der Waals surface area (Å²) in [6.07, 6.45) is 2.89. The highest BCUT2D eigenvalue weighted by molar-refractivity contribution is 5.88. The van der Waals surface area contributed by atoms with Gasteiger partial charge in [0.1, 0.15) is 5.52 Å². The number of carbonyl (C=O) groups is 1. The summed E-state index contributed by atoms with van der Waals surface area (Å²) in [4.78, 5) is 19.1. The lowest BCUT2D eigenvalue weighted by atomic mass is 10.2. The smallest absolute Gasteiger partial charge is 0.354 e. The first-order valence-corrected chi connectivity index (χ1v) is 5.41. The molecule has 2 aromatic rings. The van der Waals surface area contributed by atoms with E-state index in [1.54, 1.807) is 12.4 Å². The zero-order valence-corrected chi connectivity index (χ0v) is 9.04. The van der Waals surface area contributed by atoms with Crippen LogP contribution in [0, 0.1) is 0 Å². The zero-order chi connectivity index (χ0) is 11.8. The molecule has 0 spiro atoms. The molecule has 1 atom stereocenters. The van der Waals surface area contributed by atoms with Crippen LogP contribution in [0.1, 0.15) is 16.9 Å². The van der Waals surface area contributed by atoms with Crippen molar-refractivity contribution >= 4 is 17.1 Å². The van der Waals surface area contributed by atoms with Gasteiger partial charge in [-0.25, -0.2) is 14.8 Å². The summed E-state index contributed by atoms with van der Waals surface area (Å²) < 4.78 is 7.18. The number of fused-ring (bicyclic) bond motifs is 1. The summed E-state index contributed by atoms with van der Waals surface area (Å²) >= 11 is 0. The number of aromatic nitrogens is 3. The third kappa shape index (κ3) is 1.76. The van der Waals surface area contributed by atoms with Gasteiger partial charge in [-0.2, -0.15) is 0 Å². The maximum absolute atomic E-state index is 10.9. The molecule has 0 bridgehead atoms. The first-order chi connectivity index (χ1) is 8.24. The van der Waals surface area contributed by atoms with Crippen LogP contribution in [0.2, 0.25) is 0 Å². The van der Waals surface area contributed by atoms with Gasteiger partial charge >= 0.3 is 5.97 Å². The highest BCUT2D eigenvalue weighted by Gasteiger charge is 2.20. The average Bonchev–Trinajstić information content (AvgIpc) is 2.65. The number of imidazole rings is 1. The van der Waals surface area contributed by atoms with E-state index in [0.29, 0.717) is 17.7 Å². The van der Waals surface area contributed by atoms with Gasteiger partial charge in [0.2, 0.25) is 0 Å². The fourth-order valence-corrected chi connectivity index (χ4v) is 1.84. The normalized spacial score (nSPS) is 19.2. The van der Waals surface area contributed by atoms with Gasteiger partial charge in [0.05, 0.1) is 19.0 Å². The number of aromatic carboxylic acids is 1. The molecule has 1 N–H and O–H groups in total. The molecule has 3 heterocycles. The van der Waals surface area contributed by atoms with E-state index < -0.39 is 5.97 Å². The van der Waals surface area contributed by atoms with E-state index in [0.717, 1.165) is 13.0 Å². The molecule has 1 fully saturated rings. The van der Waals surface area contributed by atoms with E-state index in [9.17, 15) is 4.79 Å². The Balaban J connectivity index is 1.99. The zero-order valence-electron chi connectivity index (χ0n) is 9.04. The second-order valence-corrected chi connectivity index (χ2v) is 4.02. The SMILES string of the molecule is O=C(O)c1ccc2ncn(C[C@@H]3CCO3)c2n1. The van der Waals surface area contributed by atoms with E-state index in [-0.39, 0.29) is 11.8 Å². The van der Waals surface area contributed by atoms with Crippen LogP contribution in [0.25, 0.3) is 11.2 Å². The molecule has 1 saturated heterocycles. The van der Waals surface area contributed by atoms with Gasteiger partial charge < -0.3 is 14.4 Å². The molecule has 0 amide bonds. The molecule has 88 valence electrons. The Bertz CT molecular complexity index is 574. The molecular weight excluding hydrogens is 222 g/mol. The second-order valence-electron chi connectivity index (χ2n) is 4.02. The number of carboxylic acids is 1. The van der Waals surface area contributed by atoms with Gasteiger partial charge in [0.25, 0.3) is 0 Å². The summed E-state index contributed by atoms with van der Waals surface area (Å²) in [5.41, 5.74) is 1.34. The monoisotopic (exact) mass is 233 g/mol. The molecule has 0 aliphatic carbocycles. The van der Waals surface area contributed by atoms with Crippen molar-refractivity contribution in [2.45, 2.75) is 19.1 Å². The molecule has 0 radical (unpaired) electrons. The number of ether oxygens (including phenoxy) is 1. The van der Waals surface area contributed by atoms with Gasteiger partial charge in [0.15, 0.2) is 11.3 Å². The molecule has 17 heavy (non-hydrogen) atoms. The van der Waals surface area contributed by atoms with Crippen LogP contribution in [0.3, 0.4) is 0 Å². The van der Waals surface area contributed by atoms with Gasteiger partial charge in [-0.05, 0) is 18.6 Å². The Morgan fingerprint density at radius 2 is 2.41 bits per heavy atom. The second kappa shape index (κ2) is 3.81. The first-order valence-electron chi connectivity index (χ1n) is 5.41. The Morgan fingerprint density at radius 3 is 3.06 bits per heavy atom. The Labute approximate surface area is 96.9 Å². The fraction of sp³-hybridized carbons (Fsp3) is 0.364. The lowest BCUT2D eigenvalue weighted by Gasteiger charge is -2.26. The van der Waals surface area contributed by atoms with Crippen LogP contribution < -0.4 is 0 Å². The predicted molar refractivity (Wildman–Crippen MR) is 58.8 cm³/mol. The molecule has 0 unspecified atom stereocenters. The quantitative estimate of drug-likeness (QED) is 0.852. The average molecular weight is 233 g/mol. The minimum atomic E-state index is -1.03. The van der Waals surface area contributed by atoms with Crippen LogP contribution >= 0.6 is 0 Å². The molecule has 0 saturated carbocycles. The van der Waals surface area contributed by atoms with Crippen molar-refractivity contribution in [2.24, 2.45) is 0 Å². The maximum Gasteiger partial charge on any atom is 0.354 e. The van der Waals surface area contributed by atoms with E-state index in [2.05, 4.69) is 9.97 Å². The highest BCUT2D eigenvalue weighted by Crippen LogP contribution is 2.17. The van der Waals surface area contributed by atoms with Crippen LogP contribution in [-0.2, 0) is 11.3 Å². The number of rotatable bonds is 3. The third-order valence-electron chi connectivity index (χ3n) is 2.88. The molecule has 1 aliphatic rings. The van der Waals surface area contributed by atoms with Crippen molar-refractivity contribution in [1.29, 1.82) is 0 Å². The van der Waals surface area contributed by atoms with Gasteiger partial charge in [-0.1, -0.05) is 0 Å². The van der Waals surface area contributed by atoms with E-state index in [1.165, 1.54) is 6.07 Å². The third-order valence-corrected chi connectivity index (χ3v) is 2.88. The highest BCUT2D eigenvalue weighted by atomic mass is 16.5. The Hall–Kier alpha value is -1.95. The Morgan fingerprint density at radius 1 is 1.59 bits per heavy atom. The summed E-state index contributed by atoms with van der Waals surface area (Å²) in [7, 11) is 0. The number of pyridine rings is 1. The fourth-order valence-electron chi connectivity index (χ4n) is 1.84. The molecule has 6 nitrogen and oxygen atoms in total. The largest absolute Gasteiger partial charge is 0.477 e. The first kappa shape index (κ1) is 10.2. The maximum atomic E-state index is 10.9. The minimum absolute atomic E-state index is 0.0359. The summed E-state index contributed by atoms with van der Waals surface area (Å²) in [6.45, 7) is 1.47. The van der Waals surface area contributed by atoms with Crippen LogP contribution in [-0.4, -0.2) is 38.3 Å². The lowest BCUT2D eigenvalue weighted by molar-refractivity contribution is -0.0587.